The molecule has 0 N–H and O–H groups in total. The van der Waals surface area contributed by atoms with Gasteiger partial charge in [-0.2, -0.15) is 13.2 Å². The maximum atomic E-state index is 12.5. The summed E-state index contributed by atoms with van der Waals surface area (Å²) < 4.78 is 37.9. The maximum Gasteiger partial charge on any atom is 0.417 e. The van der Waals surface area contributed by atoms with Gasteiger partial charge in [0.2, 0.25) is 0 Å². The van der Waals surface area contributed by atoms with Crippen LogP contribution in [0.3, 0.4) is 0 Å². The fraction of sp³-hybridized carbons (Fsp3) is 0.222. The molecule has 0 aliphatic rings. The molecule has 1 aromatic carbocycles. The standard InChI is InChI=1S/C9H5BrF3IO/c1-4(15)5-2-6(9(11,12)13)8(10)7(14)3-5/h2-3H,1H3. The molecule has 0 radical (unpaired) electrons. The summed E-state index contributed by atoms with van der Waals surface area (Å²) >= 11 is 4.61. The molecule has 0 aliphatic heterocycles. The predicted octanol–water partition coefficient (Wildman–Crippen LogP) is 4.28. The van der Waals surface area contributed by atoms with Crippen LogP contribution in [-0.4, -0.2) is 5.78 Å². The van der Waals surface area contributed by atoms with E-state index in [1.54, 1.807) is 22.6 Å². The lowest BCUT2D eigenvalue weighted by Gasteiger charge is -2.11. The number of alkyl halides is 3. The second kappa shape index (κ2) is 4.40. The molecule has 15 heavy (non-hydrogen) atoms. The Balaban J connectivity index is 3.45. The van der Waals surface area contributed by atoms with Crippen LogP contribution in [0.5, 0.6) is 0 Å². The fourth-order valence-electron chi connectivity index (χ4n) is 0.999. The van der Waals surface area contributed by atoms with Gasteiger partial charge in [0.05, 0.1) is 5.56 Å². The molecular weight excluding hydrogens is 388 g/mol. The Morgan fingerprint density at radius 1 is 1.40 bits per heavy atom. The third kappa shape index (κ3) is 2.93. The minimum Gasteiger partial charge on any atom is -0.295 e. The summed E-state index contributed by atoms with van der Waals surface area (Å²) in [6, 6.07) is 2.27. The lowest BCUT2D eigenvalue weighted by atomic mass is 10.1. The number of Topliss-reactive ketones (excluding diaryl/α,β-unsaturated/α-hetero) is 1. The van der Waals surface area contributed by atoms with Crippen molar-refractivity contribution in [3.05, 3.63) is 31.3 Å². The molecule has 0 saturated heterocycles. The number of hydrogen-bond donors (Lipinski definition) is 0. The Kier molecular flexibility index (Phi) is 3.80. The molecule has 0 aromatic heterocycles. The largest absolute Gasteiger partial charge is 0.417 e. The fourth-order valence-corrected chi connectivity index (χ4v) is 2.08. The number of rotatable bonds is 1. The summed E-state index contributed by atoms with van der Waals surface area (Å²) in [7, 11) is 0. The summed E-state index contributed by atoms with van der Waals surface area (Å²) in [6.45, 7) is 1.24. The van der Waals surface area contributed by atoms with Gasteiger partial charge in [-0.05, 0) is 57.6 Å². The van der Waals surface area contributed by atoms with Gasteiger partial charge >= 0.3 is 6.18 Å². The first-order chi connectivity index (χ1) is 6.73. The molecule has 6 heteroatoms. The Hall–Kier alpha value is -0.110. The van der Waals surface area contributed by atoms with Crippen molar-refractivity contribution >= 4 is 44.3 Å². The highest BCUT2D eigenvalue weighted by molar-refractivity contribution is 14.1. The van der Waals surface area contributed by atoms with Crippen LogP contribution in [0.25, 0.3) is 0 Å². The molecule has 0 spiro atoms. The summed E-state index contributed by atoms with van der Waals surface area (Å²) in [5.41, 5.74) is -0.755. The first kappa shape index (κ1) is 13.0. The molecule has 0 heterocycles. The molecule has 1 aromatic rings. The number of halogens is 5. The van der Waals surface area contributed by atoms with Crippen molar-refractivity contribution in [2.24, 2.45) is 0 Å². The Labute approximate surface area is 106 Å². The molecule has 1 nitrogen and oxygen atoms in total. The normalized spacial score (nSPS) is 11.6. The van der Waals surface area contributed by atoms with Gasteiger partial charge in [-0.15, -0.1) is 0 Å². The highest BCUT2D eigenvalue weighted by Gasteiger charge is 2.34. The molecule has 0 aliphatic carbocycles. The molecular formula is C9H5BrF3IO. The second-order valence-electron chi connectivity index (χ2n) is 2.87. The van der Waals surface area contributed by atoms with E-state index in [0.29, 0.717) is 3.57 Å². The van der Waals surface area contributed by atoms with Gasteiger partial charge in [0.15, 0.2) is 5.78 Å². The van der Waals surface area contributed by atoms with E-state index in [-0.39, 0.29) is 15.8 Å². The van der Waals surface area contributed by atoms with E-state index < -0.39 is 11.7 Å². The Morgan fingerprint density at radius 2 is 1.93 bits per heavy atom. The van der Waals surface area contributed by atoms with Crippen LogP contribution in [0.1, 0.15) is 22.8 Å². The van der Waals surface area contributed by atoms with E-state index in [9.17, 15) is 18.0 Å². The van der Waals surface area contributed by atoms with E-state index in [0.717, 1.165) is 6.07 Å². The van der Waals surface area contributed by atoms with Gasteiger partial charge in [-0.25, -0.2) is 0 Å². The minimum absolute atomic E-state index is 0.0272. The minimum atomic E-state index is -4.45. The SMILES string of the molecule is CC(=O)c1cc(I)c(Br)c(C(F)(F)F)c1. The average molecular weight is 393 g/mol. The van der Waals surface area contributed by atoms with Gasteiger partial charge in [-0.3, -0.25) is 4.79 Å². The van der Waals surface area contributed by atoms with Crippen molar-refractivity contribution in [1.29, 1.82) is 0 Å². The van der Waals surface area contributed by atoms with Crippen molar-refractivity contribution in [2.75, 3.05) is 0 Å². The molecule has 0 bridgehead atoms. The van der Waals surface area contributed by atoms with Crippen LogP contribution in [-0.2, 0) is 6.18 Å². The first-order valence-electron chi connectivity index (χ1n) is 3.80. The lowest BCUT2D eigenvalue weighted by molar-refractivity contribution is -0.138. The van der Waals surface area contributed by atoms with Crippen molar-refractivity contribution in [2.45, 2.75) is 13.1 Å². The lowest BCUT2D eigenvalue weighted by Crippen LogP contribution is -2.09. The van der Waals surface area contributed by atoms with E-state index in [1.165, 1.54) is 13.0 Å². The third-order valence-electron chi connectivity index (χ3n) is 1.74. The summed E-state index contributed by atoms with van der Waals surface area (Å²) in [4.78, 5) is 11.0. The first-order valence-corrected chi connectivity index (χ1v) is 5.68. The van der Waals surface area contributed by atoms with E-state index >= 15 is 0 Å². The molecule has 1 rings (SSSR count). The number of carbonyl (C=O) groups excluding carboxylic acids is 1. The second-order valence-corrected chi connectivity index (χ2v) is 4.83. The quantitative estimate of drug-likeness (QED) is 0.515. The average Bonchev–Trinajstić information content (AvgIpc) is 2.06. The highest BCUT2D eigenvalue weighted by atomic mass is 127. The van der Waals surface area contributed by atoms with Gasteiger partial charge in [0.25, 0.3) is 0 Å². The van der Waals surface area contributed by atoms with E-state index in [4.69, 9.17) is 0 Å². The van der Waals surface area contributed by atoms with Gasteiger partial charge < -0.3 is 0 Å². The van der Waals surface area contributed by atoms with Crippen LogP contribution in [0.2, 0.25) is 0 Å². The van der Waals surface area contributed by atoms with Crippen molar-refractivity contribution in [3.8, 4) is 0 Å². The zero-order valence-corrected chi connectivity index (χ0v) is 11.2. The van der Waals surface area contributed by atoms with Gasteiger partial charge in [0, 0.05) is 13.6 Å². The predicted molar refractivity (Wildman–Crippen MR) is 61.9 cm³/mol. The van der Waals surface area contributed by atoms with Crippen molar-refractivity contribution in [1.82, 2.24) is 0 Å². The number of hydrogen-bond acceptors (Lipinski definition) is 1. The van der Waals surface area contributed by atoms with E-state index in [1.807, 2.05) is 0 Å². The van der Waals surface area contributed by atoms with Gasteiger partial charge in [-0.1, -0.05) is 0 Å². The monoisotopic (exact) mass is 392 g/mol. The summed E-state index contributed by atoms with van der Waals surface area (Å²) in [6.07, 6.45) is -4.45. The van der Waals surface area contributed by atoms with Crippen LogP contribution in [0.4, 0.5) is 13.2 Å². The zero-order valence-electron chi connectivity index (χ0n) is 7.45. The summed E-state index contributed by atoms with van der Waals surface area (Å²) in [5.74, 6) is -0.383. The molecule has 0 atom stereocenters. The molecule has 0 amide bonds. The smallest absolute Gasteiger partial charge is 0.295 e. The molecule has 0 saturated carbocycles. The van der Waals surface area contributed by atoms with Crippen LogP contribution < -0.4 is 0 Å². The Morgan fingerprint density at radius 3 is 2.33 bits per heavy atom. The molecule has 82 valence electrons. The Bertz CT molecular complexity index is 415. The van der Waals surface area contributed by atoms with Crippen molar-refractivity contribution in [3.63, 3.8) is 0 Å². The molecule has 0 fully saturated rings. The highest BCUT2D eigenvalue weighted by Crippen LogP contribution is 2.37. The zero-order chi connectivity index (χ0) is 11.8. The number of carbonyl (C=O) groups is 1. The topological polar surface area (TPSA) is 17.1 Å². The molecule has 0 unspecified atom stereocenters. The van der Waals surface area contributed by atoms with Crippen LogP contribution in [0, 0.1) is 3.57 Å². The van der Waals surface area contributed by atoms with Crippen LogP contribution >= 0.6 is 38.5 Å². The van der Waals surface area contributed by atoms with Gasteiger partial charge in [0.1, 0.15) is 0 Å². The summed E-state index contributed by atoms with van der Waals surface area (Å²) in [5, 5.41) is 0. The third-order valence-corrected chi connectivity index (χ3v) is 4.19. The number of benzene rings is 1. The van der Waals surface area contributed by atoms with E-state index in [2.05, 4.69) is 15.9 Å². The maximum absolute atomic E-state index is 12.5. The van der Waals surface area contributed by atoms with Crippen LogP contribution in [0.15, 0.2) is 16.6 Å². The van der Waals surface area contributed by atoms with Crippen molar-refractivity contribution < 1.29 is 18.0 Å². The number of ketones is 1.